The molecule has 0 N–H and O–H groups in total. The molecule has 1 aliphatic heterocycles. The third kappa shape index (κ3) is 1.39. The lowest BCUT2D eigenvalue weighted by atomic mass is 9.49. The normalized spacial score (nSPS) is 47.4. The minimum Gasteiger partial charge on any atom is -0.348 e. The standard InChI is InChI=1S/C14H20O3/c15-12-9-13-2-1-10(12)7-11(13)8-14(4-3-13)16-5-6-17-14/h10-11H,1-9H2/t10-,11-,13+/m0/s1. The van der Waals surface area contributed by atoms with Crippen LogP contribution in [0.1, 0.15) is 44.9 Å². The van der Waals surface area contributed by atoms with Crippen LogP contribution in [0.25, 0.3) is 0 Å². The molecule has 17 heavy (non-hydrogen) atoms. The first kappa shape index (κ1) is 10.5. The highest BCUT2D eigenvalue weighted by atomic mass is 16.7. The Hall–Kier alpha value is -0.410. The minimum absolute atomic E-state index is 0.267. The van der Waals surface area contributed by atoms with E-state index in [1.165, 1.54) is 6.42 Å². The van der Waals surface area contributed by atoms with E-state index in [-0.39, 0.29) is 5.79 Å². The average molecular weight is 236 g/mol. The first-order valence-electron chi connectivity index (χ1n) is 7.02. The molecule has 5 aliphatic rings. The second-order valence-corrected chi connectivity index (χ2v) is 6.49. The summed E-state index contributed by atoms with van der Waals surface area (Å²) in [7, 11) is 0. The van der Waals surface area contributed by atoms with E-state index in [1.807, 2.05) is 0 Å². The largest absolute Gasteiger partial charge is 0.348 e. The molecule has 0 amide bonds. The monoisotopic (exact) mass is 236 g/mol. The Balaban J connectivity index is 1.61. The fraction of sp³-hybridized carbons (Fsp3) is 0.929. The molecule has 3 atom stereocenters. The highest BCUT2D eigenvalue weighted by Crippen LogP contribution is 2.61. The highest BCUT2D eigenvalue weighted by molar-refractivity contribution is 5.83. The fourth-order valence-corrected chi connectivity index (χ4v) is 4.79. The van der Waals surface area contributed by atoms with E-state index in [4.69, 9.17) is 9.47 Å². The maximum Gasteiger partial charge on any atom is 0.168 e. The average Bonchev–Trinajstić information content (AvgIpc) is 2.78. The zero-order chi connectivity index (χ0) is 11.5. The van der Waals surface area contributed by atoms with Gasteiger partial charge >= 0.3 is 0 Å². The Morgan fingerprint density at radius 2 is 1.94 bits per heavy atom. The summed E-state index contributed by atoms with van der Waals surface area (Å²) in [6.07, 6.45) is 7.54. The Bertz CT molecular complexity index is 358. The topological polar surface area (TPSA) is 35.5 Å². The molecule has 3 nitrogen and oxygen atoms in total. The van der Waals surface area contributed by atoms with E-state index >= 15 is 0 Å². The summed E-state index contributed by atoms with van der Waals surface area (Å²) in [4.78, 5) is 12.0. The van der Waals surface area contributed by atoms with E-state index in [0.29, 0.717) is 23.0 Å². The third-order valence-corrected chi connectivity index (χ3v) is 5.78. The number of ether oxygens (including phenoxy) is 2. The van der Waals surface area contributed by atoms with Gasteiger partial charge in [-0.2, -0.15) is 0 Å². The molecule has 94 valence electrons. The van der Waals surface area contributed by atoms with Crippen LogP contribution in [0.15, 0.2) is 0 Å². The van der Waals surface area contributed by atoms with E-state index in [0.717, 1.165) is 51.7 Å². The van der Waals surface area contributed by atoms with Gasteiger partial charge in [-0.3, -0.25) is 4.79 Å². The van der Waals surface area contributed by atoms with Crippen LogP contribution in [0.3, 0.4) is 0 Å². The van der Waals surface area contributed by atoms with Gasteiger partial charge in [0.25, 0.3) is 0 Å². The van der Waals surface area contributed by atoms with Crippen molar-refractivity contribution in [3.63, 3.8) is 0 Å². The summed E-state index contributed by atoms with van der Waals surface area (Å²) in [5, 5.41) is 0. The molecule has 0 aromatic heterocycles. The maximum atomic E-state index is 12.0. The lowest BCUT2D eigenvalue weighted by molar-refractivity contribution is -0.222. The molecule has 5 fully saturated rings. The van der Waals surface area contributed by atoms with Crippen molar-refractivity contribution in [1.29, 1.82) is 0 Å². The Morgan fingerprint density at radius 1 is 1.12 bits per heavy atom. The molecule has 2 bridgehead atoms. The van der Waals surface area contributed by atoms with Crippen LogP contribution < -0.4 is 0 Å². The van der Waals surface area contributed by atoms with Crippen molar-refractivity contribution in [3.05, 3.63) is 0 Å². The van der Waals surface area contributed by atoms with Crippen molar-refractivity contribution < 1.29 is 14.3 Å². The van der Waals surface area contributed by atoms with Gasteiger partial charge in [0.15, 0.2) is 5.79 Å². The molecule has 5 rings (SSSR count). The van der Waals surface area contributed by atoms with Gasteiger partial charge in [-0.1, -0.05) is 0 Å². The van der Waals surface area contributed by atoms with Gasteiger partial charge in [0.05, 0.1) is 13.2 Å². The first-order valence-corrected chi connectivity index (χ1v) is 7.02. The molecular formula is C14H20O3. The summed E-state index contributed by atoms with van der Waals surface area (Å²) in [5.41, 5.74) is 0.326. The summed E-state index contributed by atoms with van der Waals surface area (Å²) in [6.45, 7) is 1.50. The van der Waals surface area contributed by atoms with Crippen LogP contribution in [0.4, 0.5) is 0 Å². The van der Waals surface area contributed by atoms with Gasteiger partial charge in [-0.05, 0) is 37.0 Å². The molecule has 4 aliphatic carbocycles. The SMILES string of the molecule is O=C1C[C@]23CC[C@H]1C[C@H]2CC1(CC3)OCCO1. The molecule has 0 aromatic rings. The van der Waals surface area contributed by atoms with Crippen LogP contribution >= 0.6 is 0 Å². The van der Waals surface area contributed by atoms with Crippen LogP contribution in [0.5, 0.6) is 0 Å². The summed E-state index contributed by atoms with van der Waals surface area (Å²) in [6, 6.07) is 0. The predicted octanol–water partition coefficient (Wildman–Crippen LogP) is 2.29. The quantitative estimate of drug-likeness (QED) is 0.647. The minimum atomic E-state index is -0.267. The highest BCUT2D eigenvalue weighted by Gasteiger charge is 2.58. The number of carbonyl (C=O) groups is 1. The second-order valence-electron chi connectivity index (χ2n) is 6.49. The van der Waals surface area contributed by atoms with Crippen LogP contribution in [0, 0.1) is 17.3 Å². The molecule has 3 heteroatoms. The molecule has 0 aromatic carbocycles. The number of carbonyl (C=O) groups excluding carboxylic acids is 1. The van der Waals surface area contributed by atoms with E-state index in [9.17, 15) is 4.79 Å². The van der Waals surface area contributed by atoms with Gasteiger partial charge in [-0.25, -0.2) is 0 Å². The van der Waals surface area contributed by atoms with Crippen molar-refractivity contribution in [2.24, 2.45) is 17.3 Å². The second kappa shape index (κ2) is 3.33. The lowest BCUT2D eigenvalue weighted by Gasteiger charge is -2.56. The van der Waals surface area contributed by atoms with E-state index in [2.05, 4.69) is 0 Å². The Labute approximate surface area is 102 Å². The third-order valence-electron chi connectivity index (χ3n) is 5.78. The predicted molar refractivity (Wildman–Crippen MR) is 61.4 cm³/mol. The molecule has 0 unspecified atom stereocenters. The lowest BCUT2D eigenvalue weighted by Crippen LogP contribution is -2.54. The molecule has 2 spiro atoms. The van der Waals surface area contributed by atoms with Crippen molar-refractivity contribution in [2.45, 2.75) is 50.7 Å². The molecular weight excluding hydrogens is 216 g/mol. The molecule has 0 radical (unpaired) electrons. The number of rotatable bonds is 0. The molecule has 1 saturated heterocycles. The van der Waals surface area contributed by atoms with Gasteiger partial charge in [0.1, 0.15) is 5.78 Å². The van der Waals surface area contributed by atoms with Gasteiger partial charge in [0.2, 0.25) is 0 Å². The zero-order valence-corrected chi connectivity index (χ0v) is 10.2. The van der Waals surface area contributed by atoms with E-state index < -0.39 is 0 Å². The van der Waals surface area contributed by atoms with Crippen molar-refractivity contribution in [2.75, 3.05) is 13.2 Å². The maximum absolute atomic E-state index is 12.0. The number of Topliss-reactive ketones (excluding diaryl/α,β-unsaturated/α-hetero) is 1. The van der Waals surface area contributed by atoms with E-state index in [1.54, 1.807) is 0 Å². The molecule has 1 heterocycles. The van der Waals surface area contributed by atoms with Gasteiger partial charge in [0, 0.05) is 25.2 Å². The van der Waals surface area contributed by atoms with Crippen LogP contribution in [-0.2, 0) is 14.3 Å². The Morgan fingerprint density at radius 3 is 2.71 bits per heavy atom. The van der Waals surface area contributed by atoms with Crippen molar-refractivity contribution in [1.82, 2.24) is 0 Å². The first-order chi connectivity index (χ1) is 8.22. The van der Waals surface area contributed by atoms with Crippen LogP contribution in [0.2, 0.25) is 0 Å². The van der Waals surface area contributed by atoms with Gasteiger partial charge < -0.3 is 9.47 Å². The smallest absolute Gasteiger partial charge is 0.168 e. The Kier molecular flexibility index (Phi) is 2.06. The number of fused-ring (bicyclic) bond motifs is 2. The zero-order valence-electron chi connectivity index (χ0n) is 10.2. The fourth-order valence-electron chi connectivity index (χ4n) is 4.79. The summed E-state index contributed by atoms with van der Waals surface area (Å²) < 4.78 is 11.7. The number of hydrogen-bond acceptors (Lipinski definition) is 3. The van der Waals surface area contributed by atoms with Crippen LogP contribution in [-0.4, -0.2) is 24.8 Å². The van der Waals surface area contributed by atoms with Gasteiger partial charge in [-0.15, -0.1) is 0 Å². The summed E-state index contributed by atoms with van der Waals surface area (Å²) >= 11 is 0. The summed E-state index contributed by atoms with van der Waals surface area (Å²) in [5.74, 6) is 1.30. The number of ketones is 1. The number of hydrogen-bond donors (Lipinski definition) is 0. The molecule has 4 saturated carbocycles. The van der Waals surface area contributed by atoms with Crippen molar-refractivity contribution in [3.8, 4) is 0 Å². The van der Waals surface area contributed by atoms with Crippen molar-refractivity contribution >= 4 is 5.78 Å².